The van der Waals surface area contributed by atoms with Crippen molar-refractivity contribution in [3.8, 4) is 5.75 Å². The highest BCUT2D eigenvalue weighted by Crippen LogP contribution is 2.24. The Labute approximate surface area is 163 Å². The van der Waals surface area contributed by atoms with Gasteiger partial charge in [0.2, 0.25) is 0 Å². The number of nitrogens with zero attached hydrogens (tertiary/aromatic N) is 1. The Morgan fingerprint density at radius 3 is 2.04 bits per heavy atom. The molecule has 0 aliphatic heterocycles. The third kappa shape index (κ3) is 9.62. The van der Waals surface area contributed by atoms with Gasteiger partial charge < -0.3 is 4.74 Å². The molecule has 2 rings (SSSR count). The van der Waals surface area contributed by atoms with Gasteiger partial charge >= 0.3 is 0 Å². The number of benzene rings is 2. The molecule has 0 saturated heterocycles. The van der Waals surface area contributed by atoms with Gasteiger partial charge in [0, 0.05) is 0 Å². The van der Waals surface area contributed by atoms with Gasteiger partial charge in [0.15, 0.2) is 5.69 Å². The Hall–Kier alpha value is -1.06. The van der Waals surface area contributed by atoms with Gasteiger partial charge in [0.05, 0.1) is 10.1 Å². The molecule has 126 valence electrons. The van der Waals surface area contributed by atoms with E-state index in [1.54, 1.807) is 0 Å². The average Bonchev–Trinajstić information content (AvgIpc) is 2.66. The Kier molecular flexibility index (Phi) is 18.2. The molecule has 0 aromatic heterocycles. The van der Waals surface area contributed by atoms with Crippen molar-refractivity contribution in [2.24, 2.45) is 0 Å². The lowest BCUT2D eigenvalue weighted by Crippen LogP contribution is -1.96. The van der Waals surface area contributed by atoms with Gasteiger partial charge in [0.25, 0.3) is 0 Å². The van der Waals surface area contributed by atoms with E-state index in [2.05, 4.69) is 43.4 Å². The summed E-state index contributed by atoms with van der Waals surface area (Å²) in [6.45, 7) is 15.5. The maximum Gasteiger partial charge on any atom is 0.193 e. The zero-order valence-electron chi connectivity index (χ0n) is 14.4. The van der Waals surface area contributed by atoms with Crippen molar-refractivity contribution in [1.82, 2.24) is 0 Å². The van der Waals surface area contributed by atoms with E-state index in [-0.39, 0.29) is 0 Å². The first-order valence-corrected chi connectivity index (χ1v) is 10.2. The van der Waals surface area contributed by atoms with E-state index in [0.717, 1.165) is 14.9 Å². The SMILES string of the molecule is CBr.CC.CC.[C-]#[N+]c1ccccc1COc1ccccc1I. The second kappa shape index (κ2) is 17.3. The van der Waals surface area contributed by atoms with E-state index in [4.69, 9.17) is 11.3 Å². The van der Waals surface area contributed by atoms with Gasteiger partial charge in [0.1, 0.15) is 12.4 Å². The van der Waals surface area contributed by atoms with Crippen molar-refractivity contribution < 1.29 is 4.74 Å². The summed E-state index contributed by atoms with van der Waals surface area (Å²) in [4.78, 5) is 3.47. The Balaban J connectivity index is 0. The minimum absolute atomic E-state index is 0.429. The first-order valence-electron chi connectivity index (χ1n) is 7.52. The summed E-state index contributed by atoms with van der Waals surface area (Å²) in [5.41, 5.74) is 1.57. The molecule has 4 heteroatoms. The number of hydrogen-bond acceptors (Lipinski definition) is 1. The number of halogens is 2. The van der Waals surface area contributed by atoms with Crippen molar-refractivity contribution >= 4 is 44.2 Å². The number of rotatable bonds is 3. The molecule has 0 radical (unpaired) electrons. The van der Waals surface area contributed by atoms with Crippen LogP contribution in [0.1, 0.15) is 33.3 Å². The van der Waals surface area contributed by atoms with Crippen molar-refractivity contribution in [3.63, 3.8) is 0 Å². The predicted octanol–water partition coefficient (Wildman–Crippen LogP) is 7.48. The molecule has 0 fully saturated rings. The molecule has 0 unspecified atom stereocenters. The lowest BCUT2D eigenvalue weighted by Gasteiger charge is -2.09. The molecule has 2 aromatic rings. The van der Waals surface area contributed by atoms with Crippen LogP contribution >= 0.6 is 38.5 Å². The third-order valence-electron chi connectivity index (χ3n) is 2.33. The van der Waals surface area contributed by atoms with Crippen LogP contribution in [0.4, 0.5) is 5.69 Å². The largest absolute Gasteiger partial charge is 0.489 e. The molecule has 0 saturated carbocycles. The van der Waals surface area contributed by atoms with Crippen LogP contribution in [0, 0.1) is 10.1 Å². The second-order valence-corrected chi connectivity index (χ2v) is 4.62. The molecule has 0 aliphatic rings. The fraction of sp³-hybridized carbons (Fsp3) is 0.316. The van der Waals surface area contributed by atoms with Crippen LogP contribution in [-0.4, -0.2) is 5.83 Å². The molecule has 23 heavy (non-hydrogen) atoms. The van der Waals surface area contributed by atoms with Gasteiger partial charge in [-0.2, -0.15) is 0 Å². The standard InChI is InChI=1S/C14H10INO.2C2H6.CH3Br/c1-16-13-8-4-2-6-11(13)10-17-14-9-5-3-7-12(14)15;3*1-2/h2-9H,10H2;2*1-2H3;1H3. The summed E-state index contributed by atoms with van der Waals surface area (Å²) >= 11 is 5.17. The number of ether oxygens (including phenoxy) is 1. The number of para-hydroxylation sites is 2. The fourth-order valence-corrected chi connectivity index (χ4v) is 2.00. The first kappa shape index (κ1) is 24.2. The summed E-state index contributed by atoms with van der Waals surface area (Å²) < 4.78 is 6.79. The quantitative estimate of drug-likeness (QED) is 0.247. The molecule has 0 spiro atoms. The highest BCUT2D eigenvalue weighted by atomic mass is 127. The average molecular weight is 490 g/mol. The second-order valence-electron chi connectivity index (χ2n) is 3.46. The Morgan fingerprint density at radius 2 is 1.48 bits per heavy atom. The zero-order chi connectivity index (χ0) is 18.1. The van der Waals surface area contributed by atoms with Crippen LogP contribution in [0.25, 0.3) is 4.85 Å². The van der Waals surface area contributed by atoms with Crippen LogP contribution in [0.5, 0.6) is 5.75 Å². The zero-order valence-corrected chi connectivity index (χ0v) is 18.2. The van der Waals surface area contributed by atoms with Gasteiger partial charge in [-0.25, -0.2) is 4.85 Å². The van der Waals surface area contributed by atoms with Crippen LogP contribution in [0.15, 0.2) is 48.5 Å². The molecule has 0 atom stereocenters. The topological polar surface area (TPSA) is 13.6 Å². The number of hydrogen-bond donors (Lipinski definition) is 0. The molecule has 0 heterocycles. The third-order valence-corrected chi connectivity index (χ3v) is 3.22. The maximum atomic E-state index is 7.08. The molecule has 2 nitrogen and oxygen atoms in total. The van der Waals surface area contributed by atoms with Gasteiger partial charge in [-0.05, 0) is 46.1 Å². The van der Waals surface area contributed by atoms with Gasteiger partial charge in [-0.15, -0.1) is 0 Å². The van der Waals surface area contributed by atoms with Crippen LogP contribution in [0.3, 0.4) is 0 Å². The monoisotopic (exact) mass is 489 g/mol. The van der Waals surface area contributed by atoms with E-state index in [0.29, 0.717) is 12.3 Å². The number of alkyl halides is 1. The van der Waals surface area contributed by atoms with E-state index in [1.807, 2.05) is 82.1 Å². The summed E-state index contributed by atoms with van der Waals surface area (Å²) in [5.74, 6) is 2.67. The normalized spacial score (nSPS) is 7.91. The van der Waals surface area contributed by atoms with Gasteiger partial charge in [-0.1, -0.05) is 80.0 Å². The van der Waals surface area contributed by atoms with Crippen LogP contribution < -0.4 is 4.74 Å². The van der Waals surface area contributed by atoms with Gasteiger partial charge in [-0.3, -0.25) is 0 Å². The molecular weight excluding hydrogens is 465 g/mol. The van der Waals surface area contributed by atoms with Crippen molar-refractivity contribution in [3.05, 3.63) is 69.1 Å². The summed E-state index contributed by atoms with van der Waals surface area (Å²) in [6.07, 6.45) is 0. The fourth-order valence-electron chi connectivity index (χ4n) is 1.46. The summed E-state index contributed by atoms with van der Waals surface area (Å²) in [7, 11) is 0. The smallest absolute Gasteiger partial charge is 0.193 e. The van der Waals surface area contributed by atoms with Crippen LogP contribution in [0.2, 0.25) is 0 Å². The minimum Gasteiger partial charge on any atom is -0.489 e. The first-order chi connectivity index (χ1) is 11.3. The van der Waals surface area contributed by atoms with E-state index in [9.17, 15) is 0 Å². The summed E-state index contributed by atoms with van der Waals surface area (Å²) in [6, 6.07) is 15.4. The Bertz CT molecular complexity index is 567. The minimum atomic E-state index is 0.429. The molecule has 0 amide bonds. The Morgan fingerprint density at radius 1 is 0.957 bits per heavy atom. The van der Waals surface area contributed by atoms with E-state index >= 15 is 0 Å². The van der Waals surface area contributed by atoms with Crippen molar-refractivity contribution in [1.29, 1.82) is 0 Å². The molecule has 2 aromatic carbocycles. The molecular formula is C19H25BrINO. The lowest BCUT2D eigenvalue weighted by atomic mass is 10.2. The highest BCUT2D eigenvalue weighted by Gasteiger charge is 2.03. The van der Waals surface area contributed by atoms with E-state index in [1.165, 1.54) is 0 Å². The van der Waals surface area contributed by atoms with Crippen LogP contribution in [-0.2, 0) is 6.61 Å². The van der Waals surface area contributed by atoms with Crippen molar-refractivity contribution in [2.75, 3.05) is 5.83 Å². The van der Waals surface area contributed by atoms with E-state index < -0.39 is 0 Å². The maximum absolute atomic E-state index is 7.08. The predicted molar refractivity (Wildman–Crippen MR) is 114 cm³/mol. The molecule has 0 aliphatic carbocycles. The molecule has 0 bridgehead atoms. The summed E-state index contributed by atoms with van der Waals surface area (Å²) in [5, 5.41) is 0. The van der Waals surface area contributed by atoms with Crippen molar-refractivity contribution in [2.45, 2.75) is 34.3 Å². The highest BCUT2D eigenvalue weighted by molar-refractivity contribution is 14.1. The lowest BCUT2D eigenvalue weighted by molar-refractivity contribution is 0.305. The molecule has 0 N–H and O–H groups in total.